The molecule has 1 aliphatic carbocycles. The van der Waals surface area contributed by atoms with Crippen molar-refractivity contribution in [2.45, 2.75) is 84.0 Å². The van der Waals surface area contributed by atoms with Crippen LogP contribution in [0, 0.1) is 17.8 Å². The number of esters is 1. The molecule has 0 spiro atoms. The Morgan fingerprint density at radius 2 is 1.79 bits per heavy atom. The number of nitrogens with zero attached hydrogens (tertiary/aromatic N) is 1. The zero-order chi connectivity index (χ0) is 21.1. The Kier molecular flexibility index (Phi) is 6.33. The van der Waals surface area contributed by atoms with Gasteiger partial charge in [0.1, 0.15) is 11.4 Å². The van der Waals surface area contributed by atoms with Crippen molar-refractivity contribution in [2.24, 2.45) is 5.92 Å². The van der Waals surface area contributed by atoms with Crippen molar-refractivity contribution < 1.29 is 19.4 Å². The molecule has 1 unspecified atom stereocenters. The molecule has 1 aliphatic heterocycles. The highest BCUT2D eigenvalue weighted by Gasteiger charge is 2.41. The summed E-state index contributed by atoms with van der Waals surface area (Å²) in [5.74, 6) is 5.33. The molecule has 5 heteroatoms. The zero-order valence-corrected chi connectivity index (χ0v) is 17.9. The van der Waals surface area contributed by atoms with Crippen LogP contribution in [0.15, 0.2) is 24.0 Å². The Balaban J connectivity index is 1.93. The van der Waals surface area contributed by atoms with E-state index in [1.807, 2.05) is 12.1 Å². The Bertz CT molecular complexity index is 833. The molecule has 2 aliphatic rings. The van der Waals surface area contributed by atoms with Gasteiger partial charge in [-0.2, -0.15) is 0 Å². The molecule has 0 aromatic carbocycles. The van der Waals surface area contributed by atoms with Gasteiger partial charge in [0.25, 0.3) is 0 Å². The van der Waals surface area contributed by atoms with Crippen molar-refractivity contribution in [1.82, 2.24) is 4.98 Å². The average molecular weight is 398 g/mol. The fourth-order valence-corrected chi connectivity index (χ4v) is 4.08. The van der Waals surface area contributed by atoms with E-state index in [2.05, 4.69) is 30.7 Å². The topological polar surface area (TPSA) is 68.7 Å². The van der Waals surface area contributed by atoms with Gasteiger partial charge in [0, 0.05) is 37.2 Å². The van der Waals surface area contributed by atoms with Gasteiger partial charge in [-0.3, -0.25) is 4.98 Å². The second-order valence-corrected chi connectivity index (χ2v) is 8.41. The van der Waals surface area contributed by atoms with Crippen LogP contribution in [0.25, 0.3) is 0 Å². The highest BCUT2D eigenvalue weighted by Crippen LogP contribution is 2.39. The van der Waals surface area contributed by atoms with Gasteiger partial charge in [-0.1, -0.05) is 38.5 Å². The minimum absolute atomic E-state index is 0.0543. The van der Waals surface area contributed by atoms with E-state index in [0.717, 1.165) is 55.5 Å². The maximum Gasteiger partial charge on any atom is 0.337 e. The molecular weight excluding hydrogens is 366 g/mol. The van der Waals surface area contributed by atoms with Crippen molar-refractivity contribution in [3.63, 3.8) is 0 Å². The largest absolute Gasteiger partial charge is 0.457 e. The highest BCUT2D eigenvalue weighted by molar-refractivity contribution is 5.83. The molecule has 156 valence electrons. The Morgan fingerprint density at radius 1 is 1.17 bits per heavy atom. The number of carbonyl (C=O) groups excluding carboxylic acids is 1. The van der Waals surface area contributed by atoms with E-state index in [-0.39, 0.29) is 12.3 Å². The SMILES string of the molecule is CCc1cc(C#CC(O)(CC2=CC(=O)OC(C)(C)O2)C2CCCC2)cc(CC)n1. The number of cyclic esters (lactones) is 1. The third-order valence-corrected chi connectivity index (χ3v) is 5.56. The van der Waals surface area contributed by atoms with E-state index in [1.165, 1.54) is 6.08 Å². The molecule has 1 fully saturated rings. The maximum atomic E-state index is 11.9. The second-order valence-electron chi connectivity index (χ2n) is 8.41. The van der Waals surface area contributed by atoms with Crippen LogP contribution < -0.4 is 0 Å². The summed E-state index contributed by atoms with van der Waals surface area (Å²) < 4.78 is 11.0. The summed E-state index contributed by atoms with van der Waals surface area (Å²) in [6.07, 6.45) is 7.18. The summed E-state index contributed by atoms with van der Waals surface area (Å²) in [5, 5.41) is 11.6. The molecule has 1 aromatic heterocycles. The number of pyridine rings is 1. The summed E-state index contributed by atoms with van der Waals surface area (Å²) >= 11 is 0. The molecule has 1 saturated carbocycles. The predicted octanol–water partition coefficient (Wildman–Crippen LogP) is 4.06. The Morgan fingerprint density at radius 3 is 2.34 bits per heavy atom. The van der Waals surface area contributed by atoms with Crippen molar-refractivity contribution >= 4 is 5.97 Å². The number of hydrogen-bond donors (Lipinski definition) is 1. The first-order chi connectivity index (χ1) is 13.7. The summed E-state index contributed by atoms with van der Waals surface area (Å²) in [7, 11) is 0. The van der Waals surface area contributed by atoms with Gasteiger partial charge in [0.15, 0.2) is 0 Å². The molecule has 3 rings (SSSR count). The lowest BCUT2D eigenvalue weighted by Gasteiger charge is -2.35. The monoisotopic (exact) mass is 397 g/mol. The van der Waals surface area contributed by atoms with E-state index in [9.17, 15) is 9.90 Å². The zero-order valence-electron chi connectivity index (χ0n) is 17.9. The van der Waals surface area contributed by atoms with Crippen LogP contribution in [0.4, 0.5) is 0 Å². The van der Waals surface area contributed by atoms with Gasteiger partial charge >= 0.3 is 5.97 Å². The number of aliphatic hydroxyl groups is 1. The van der Waals surface area contributed by atoms with Crippen molar-refractivity contribution in [2.75, 3.05) is 0 Å². The van der Waals surface area contributed by atoms with Gasteiger partial charge in [-0.25, -0.2) is 4.79 Å². The summed E-state index contributed by atoms with van der Waals surface area (Å²) in [5.41, 5.74) is 1.61. The molecule has 1 N–H and O–H groups in total. The van der Waals surface area contributed by atoms with Crippen LogP contribution in [0.3, 0.4) is 0 Å². The lowest BCUT2D eigenvalue weighted by atomic mass is 9.82. The smallest absolute Gasteiger partial charge is 0.337 e. The van der Waals surface area contributed by atoms with Crippen LogP contribution in [0.5, 0.6) is 0 Å². The molecule has 5 nitrogen and oxygen atoms in total. The maximum absolute atomic E-state index is 11.9. The van der Waals surface area contributed by atoms with Gasteiger partial charge in [0.05, 0.1) is 6.08 Å². The number of ether oxygens (including phenoxy) is 2. The Labute approximate surface area is 173 Å². The van der Waals surface area contributed by atoms with Gasteiger partial charge in [-0.15, -0.1) is 0 Å². The standard InChI is InChI=1S/C24H31NO4/c1-5-19-13-17(14-20(6-2)25-19)11-12-24(27,18-9-7-8-10-18)16-21-15-22(26)29-23(3,4)28-21/h13-15,18,27H,5-10,16H2,1-4H3. The number of aryl methyl sites for hydroxylation is 2. The number of hydrogen-bond acceptors (Lipinski definition) is 5. The van der Waals surface area contributed by atoms with E-state index in [4.69, 9.17) is 9.47 Å². The van der Waals surface area contributed by atoms with Crippen LogP contribution >= 0.6 is 0 Å². The van der Waals surface area contributed by atoms with Crippen molar-refractivity contribution in [1.29, 1.82) is 0 Å². The van der Waals surface area contributed by atoms with Crippen LogP contribution in [0.1, 0.15) is 76.8 Å². The normalized spacial score (nSPS) is 20.7. The van der Waals surface area contributed by atoms with E-state index >= 15 is 0 Å². The molecule has 0 bridgehead atoms. The Hall–Kier alpha value is -2.32. The number of rotatable bonds is 5. The van der Waals surface area contributed by atoms with Crippen molar-refractivity contribution in [3.05, 3.63) is 40.9 Å². The summed E-state index contributed by atoms with van der Waals surface area (Å²) in [6, 6.07) is 3.97. The highest BCUT2D eigenvalue weighted by atomic mass is 16.7. The first kappa shape index (κ1) is 21.4. The van der Waals surface area contributed by atoms with E-state index in [1.54, 1.807) is 13.8 Å². The molecule has 0 saturated heterocycles. The average Bonchev–Trinajstić information content (AvgIpc) is 3.20. The van der Waals surface area contributed by atoms with E-state index < -0.39 is 17.4 Å². The quantitative estimate of drug-likeness (QED) is 0.599. The fraction of sp³-hybridized carbons (Fsp3) is 0.583. The molecule has 1 atom stereocenters. The molecule has 2 heterocycles. The van der Waals surface area contributed by atoms with Crippen LogP contribution in [-0.2, 0) is 27.1 Å². The molecule has 1 aromatic rings. The third-order valence-electron chi connectivity index (χ3n) is 5.56. The van der Waals surface area contributed by atoms with Crippen LogP contribution in [-0.4, -0.2) is 27.4 Å². The number of aromatic nitrogens is 1. The first-order valence-corrected chi connectivity index (χ1v) is 10.6. The van der Waals surface area contributed by atoms with Gasteiger partial charge < -0.3 is 14.6 Å². The molecule has 29 heavy (non-hydrogen) atoms. The van der Waals surface area contributed by atoms with Crippen LogP contribution in [0.2, 0.25) is 0 Å². The van der Waals surface area contributed by atoms with Gasteiger partial charge in [0.2, 0.25) is 5.79 Å². The molecule has 0 amide bonds. The fourth-order valence-electron chi connectivity index (χ4n) is 4.08. The number of carbonyl (C=O) groups is 1. The van der Waals surface area contributed by atoms with Crippen molar-refractivity contribution in [3.8, 4) is 11.8 Å². The minimum Gasteiger partial charge on any atom is -0.457 e. The second kappa shape index (κ2) is 8.59. The van der Waals surface area contributed by atoms with Gasteiger partial charge in [-0.05, 0) is 43.7 Å². The lowest BCUT2D eigenvalue weighted by Crippen LogP contribution is -2.40. The lowest BCUT2D eigenvalue weighted by molar-refractivity contribution is -0.207. The molecular formula is C24H31NO4. The summed E-state index contributed by atoms with van der Waals surface area (Å²) in [6.45, 7) is 7.52. The summed E-state index contributed by atoms with van der Waals surface area (Å²) in [4.78, 5) is 16.5. The molecule has 0 radical (unpaired) electrons. The van der Waals surface area contributed by atoms with E-state index in [0.29, 0.717) is 5.76 Å². The third kappa shape index (κ3) is 5.39. The first-order valence-electron chi connectivity index (χ1n) is 10.6. The predicted molar refractivity (Wildman–Crippen MR) is 111 cm³/mol. The minimum atomic E-state index is -1.25.